The summed E-state index contributed by atoms with van der Waals surface area (Å²) in [5, 5.41) is 6.74. The molecular formula is C14H20N4O. The number of carbonyl (C=O) groups is 1. The first-order valence-corrected chi connectivity index (χ1v) is 7.04. The van der Waals surface area contributed by atoms with Gasteiger partial charge < -0.3 is 16.4 Å². The van der Waals surface area contributed by atoms with Crippen molar-refractivity contribution in [2.45, 2.75) is 38.1 Å². The number of fused-ring (bicyclic) bond motifs is 1. The molecule has 0 saturated carbocycles. The maximum atomic E-state index is 11.6. The Hall–Kier alpha value is -1.62. The molecule has 1 aliphatic heterocycles. The maximum absolute atomic E-state index is 11.6. The number of hydrogen-bond acceptors (Lipinski definition) is 4. The summed E-state index contributed by atoms with van der Waals surface area (Å²) in [5.41, 5.74) is 8.33. The van der Waals surface area contributed by atoms with Crippen LogP contribution < -0.4 is 16.4 Å². The zero-order valence-corrected chi connectivity index (χ0v) is 11.0. The molecule has 1 aromatic rings. The summed E-state index contributed by atoms with van der Waals surface area (Å²) in [4.78, 5) is 16.2. The van der Waals surface area contributed by atoms with E-state index < -0.39 is 5.91 Å². The van der Waals surface area contributed by atoms with Gasteiger partial charge in [0.2, 0.25) is 0 Å². The molecule has 0 atom stereocenters. The van der Waals surface area contributed by atoms with Crippen LogP contribution in [0.1, 0.15) is 40.9 Å². The predicted octanol–water partition coefficient (Wildman–Crippen LogP) is 0.833. The molecule has 4 N–H and O–H groups in total. The second-order valence-electron chi connectivity index (χ2n) is 5.38. The van der Waals surface area contributed by atoms with Gasteiger partial charge in [-0.15, -0.1) is 0 Å². The van der Waals surface area contributed by atoms with Gasteiger partial charge in [0.25, 0.3) is 5.91 Å². The van der Waals surface area contributed by atoms with E-state index in [1.165, 1.54) is 5.56 Å². The highest BCUT2D eigenvalue weighted by molar-refractivity contribution is 5.97. The van der Waals surface area contributed by atoms with E-state index in [9.17, 15) is 4.79 Å². The molecule has 2 heterocycles. The lowest BCUT2D eigenvalue weighted by molar-refractivity contribution is 0.100. The highest BCUT2D eigenvalue weighted by Gasteiger charge is 2.21. The number of amides is 1. The minimum atomic E-state index is -0.390. The number of carbonyl (C=O) groups excluding carboxylic acids is 1. The number of piperidine rings is 1. The summed E-state index contributed by atoms with van der Waals surface area (Å²) >= 11 is 0. The molecule has 1 fully saturated rings. The summed E-state index contributed by atoms with van der Waals surface area (Å²) in [5.74, 6) is 0.290. The van der Waals surface area contributed by atoms with Gasteiger partial charge in [-0.2, -0.15) is 0 Å². The van der Waals surface area contributed by atoms with Crippen molar-refractivity contribution in [3.63, 3.8) is 0 Å². The van der Waals surface area contributed by atoms with Gasteiger partial charge in [0, 0.05) is 11.7 Å². The van der Waals surface area contributed by atoms with Crippen LogP contribution in [0, 0.1) is 0 Å². The molecule has 0 spiro atoms. The molecule has 1 aromatic heterocycles. The zero-order valence-electron chi connectivity index (χ0n) is 11.0. The van der Waals surface area contributed by atoms with Crippen LogP contribution in [-0.4, -0.2) is 30.0 Å². The summed E-state index contributed by atoms with van der Waals surface area (Å²) in [6.07, 6.45) is 5.25. The van der Waals surface area contributed by atoms with Crippen molar-refractivity contribution < 1.29 is 4.79 Å². The van der Waals surface area contributed by atoms with Crippen molar-refractivity contribution >= 4 is 11.7 Å². The van der Waals surface area contributed by atoms with Gasteiger partial charge in [-0.3, -0.25) is 4.79 Å². The van der Waals surface area contributed by atoms with E-state index in [0.717, 1.165) is 50.9 Å². The van der Waals surface area contributed by atoms with Crippen LogP contribution >= 0.6 is 0 Å². The third-order valence-corrected chi connectivity index (χ3v) is 4.00. The fraction of sp³-hybridized carbons (Fsp3) is 0.571. The Bertz CT molecular complexity index is 494. The van der Waals surface area contributed by atoms with Gasteiger partial charge in [0.05, 0.1) is 5.56 Å². The summed E-state index contributed by atoms with van der Waals surface area (Å²) in [6, 6.07) is 2.31. The molecule has 0 aromatic carbocycles. The average Bonchev–Trinajstić information content (AvgIpc) is 2.86. The number of nitrogens with one attached hydrogen (secondary N) is 2. The Labute approximate surface area is 113 Å². The lowest BCUT2D eigenvalue weighted by Crippen LogP contribution is -2.36. The first-order valence-electron chi connectivity index (χ1n) is 7.04. The van der Waals surface area contributed by atoms with Crippen LogP contribution in [-0.2, 0) is 12.8 Å². The lowest BCUT2D eigenvalue weighted by atomic mass is 10.1. The second-order valence-corrected chi connectivity index (χ2v) is 5.38. The largest absolute Gasteiger partial charge is 0.367 e. The lowest BCUT2D eigenvalue weighted by Gasteiger charge is -2.25. The Morgan fingerprint density at radius 3 is 2.89 bits per heavy atom. The highest BCUT2D eigenvalue weighted by Crippen LogP contribution is 2.26. The standard InChI is InChI=1S/C14H20N4O/c15-13(19)11-8-9-2-1-3-12(9)18-14(11)17-10-4-6-16-7-5-10/h8,10,16H,1-7H2,(H2,15,19)(H,17,18). The maximum Gasteiger partial charge on any atom is 0.252 e. The molecule has 2 aliphatic rings. The smallest absolute Gasteiger partial charge is 0.252 e. The van der Waals surface area contributed by atoms with Gasteiger partial charge in [-0.25, -0.2) is 4.98 Å². The number of primary amides is 1. The molecule has 0 radical (unpaired) electrons. The van der Waals surface area contributed by atoms with E-state index in [2.05, 4.69) is 15.6 Å². The van der Waals surface area contributed by atoms with E-state index in [-0.39, 0.29) is 0 Å². The van der Waals surface area contributed by atoms with Gasteiger partial charge >= 0.3 is 0 Å². The monoisotopic (exact) mass is 260 g/mol. The molecule has 0 bridgehead atoms. The van der Waals surface area contributed by atoms with Gasteiger partial charge in [-0.05, 0) is 56.8 Å². The Morgan fingerprint density at radius 2 is 2.16 bits per heavy atom. The predicted molar refractivity (Wildman–Crippen MR) is 74.3 cm³/mol. The fourth-order valence-electron chi connectivity index (χ4n) is 2.93. The normalized spacial score (nSPS) is 19.2. The van der Waals surface area contributed by atoms with Gasteiger partial charge in [0.1, 0.15) is 5.82 Å². The third kappa shape index (κ3) is 2.56. The van der Waals surface area contributed by atoms with Gasteiger partial charge in [-0.1, -0.05) is 0 Å². The van der Waals surface area contributed by atoms with E-state index in [1.807, 2.05) is 6.07 Å². The SMILES string of the molecule is NC(=O)c1cc2c(nc1NC1CCNCC1)CCC2. The molecule has 0 unspecified atom stereocenters. The van der Waals surface area contributed by atoms with Gasteiger partial charge in [0.15, 0.2) is 0 Å². The highest BCUT2D eigenvalue weighted by atomic mass is 16.1. The molecule has 1 saturated heterocycles. The summed E-state index contributed by atoms with van der Waals surface area (Å²) in [6.45, 7) is 2.02. The zero-order chi connectivity index (χ0) is 13.2. The van der Waals surface area contributed by atoms with Crippen molar-refractivity contribution in [3.05, 3.63) is 22.9 Å². The van der Waals surface area contributed by atoms with Crippen molar-refractivity contribution in [1.29, 1.82) is 0 Å². The molecule has 3 rings (SSSR count). The number of nitrogens with zero attached hydrogens (tertiary/aromatic N) is 1. The minimum absolute atomic E-state index is 0.381. The van der Waals surface area contributed by atoms with Crippen molar-refractivity contribution in [3.8, 4) is 0 Å². The molecule has 1 amide bonds. The Kier molecular flexibility index (Phi) is 3.38. The minimum Gasteiger partial charge on any atom is -0.367 e. The average molecular weight is 260 g/mol. The first kappa shape index (κ1) is 12.4. The molecule has 102 valence electrons. The fourth-order valence-corrected chi connectivity index (χ4v) is 2.93. The number of pyridine rings is 1. The quantitative estimate of drug-likeness (QED) is 0.752. The Balaban J connectivity index is 1.87. The topological polar surface area (TPSA) is 80.0 Å². The molecule has 5 nitrogen and oxygen atoms in total. The summed E-state index contributed by atoms with van der Waals surface area (Å²) in [7, 11) is 0. The number of aryl methyl sites for hydroxylation is 2. The van der Waals surface area contributed by atoms with E-state index in [0.29, 0.717) is 17.4 Å². The number of rotatable bonds is 3. The van der Waals surface area contributed by atoms with Crippen LogP contribution in [0.4, 0.5) is 5.82 Å². The Morgan fingerprint density at radius 1 is 1.37 bits per heavy atom. The van der Waals surface area contributed by atoms with Crippen LogP contribution in [0.15, 0.2) is 6.07 Å². The third-order valence-electron chi connectivity index (χ3n) is 4.00. The van der Waals surface area contributed by atoms with Crippen LogP contribution in [0.3, 0.4) is 0 Å². The second kappa shape index (κ2) is 5.17. The van der Waals surface area contributed by atoms with Crippen LogP contribution in [0.5, 0.6) is 0 Å². The number of aromatic nitrogens is 1. The number of nitrogens with two attached hydrogens (primary N) is 1. The van der Waals surface area contributed by atoms with E-state index >= 15 is 0 Å². The van der Waals surface area contributed by atoms with Crippen molar-refractivity contribution in [1.82, 2.24) is 10.3 Å². The van der Waals surface area contributed by atoms with Crippen LogP contribution in [0.25, 0.3) is 0 Å². The summed E-state index contributed by atoms with van der Waals surface area (Å²) < 4.78 is 0. The van der Waals surface area contributed by atoms with E-state index in [4.69, 9.17) is 5.73 Å². The molecular weight excluding hydrogens is 240 g/mol. The van der Waals surface area contributed by atoms with Crippen molar-refractivity contribution in [2.24, 2.45) is 5.73 Å². The van der Waals surface area contributed by atoms with Crippen LogP contribution in [0.2, 0.25) is 0 Å². The first-order chi connectivity index (χ1) is 9.24. The molecule has 19 heavy (non-hydrogen) atoms. The number of hydrogen-bond donors (Lipinski definition) is 3. The number of anilines is 1. The van der Waals surface area contributed by atoms with E-state index in [1.54, 1.807) is 0 Å². The molecule has 5 heteroatoms. The van der Waals surface area contributed by atoms with Crippen molar-refractivity contribution in [2.75, 3.05) is 18.4 Å². The molecule has 1 aliphatic carbocycles.